The molecule has 0 aromatic carbocycles. The molecule has 1 saturated heterocycles. The zero-order chi connectivity index (χ0) is 32.3. The van der Waals surface area contributed by atoms with E-state index in [0.717, 1.165) is 62.2 Å². The van der Waals surface area contributed by atoms with Crippen LogP contribution in [0.1, 0.15) is 71.6 Å². The molecule has 1 aliphatic carbocycles. The summed E-state index contributed by atoms with van der Waals surface area (Å²) < 4.78 is 5.27. The van der Waals surface area contributed by atoms with Crippen molar-refractivity contribution in [2.24, 2.45) is 23.5 Å². The van der Waals surface area contributed by atoms with Crippen molar-refractivity contribution in [3.8, 4) is 0 Å². The van der Waals surface area contributed by atoms with Crippen LogP contribution in [0.25, 0.3) is 35.6 Å². The first-order chi connectivity index (χ1) is 21.5. The largest absolute Gasteiger partial charge is 0.510 e. The van der Waals surface area contributed by atoms with Gasteiger partial charge < -0.3 is 35.2 Å². The summed E-state index contributed by atoms with van der Waals surface area (Å²) in [5.41, 5.74) is 14.9. The van der Waals surface area contributed by atoms with Crippen LogP contribution >= 0.6 is 0 Å². The molecule has 5 heterocycles. The number of hydrogen-bond donors (Lipinski definition) is 7. The van der Waals surface area contributed by atoms with E-state index in [4.69, 9.17) is 10.5 Å². The minimum absolute atomic E-state index is 0.0354. The second-order valence-corrected chi connectivity index (χ2v) is 12.3. The van der Waals surface area contributed by atoms with Crippen LogP contribution in [0, 0.1) is 38.5 Å². The molecule has 1 fully saturated rings. The summed E-state index contributed by atoms with van der Waals surface area (Å²) >= 11 is 0. The lowest BCUT2D eigenvalue weighted by molar-refractivity contribution is -0.145. The average molecular weight is 612 g/mol. The third-order valence-electron chi connectivity index (χ3n) is 10.0. The number of nitrogens with two attached hydrogens (primary N) is 1. The summed E-state index contributed by atoms with van der Waals surface area (Å²) in [6.07, 6.45) is 9.25. The summed E-state index contributed by atoms with van der Waals surface area (Å²) in [4.78, 5) is 36.0. The van der Waals surface area contributed by atoms with E-state index in [2.05, 4.69) is 72.8 Å². The van der Waals surface area contributed by atoms with Crippen LogP contribution in [0.3, 0.4) is 0 Å². The number of fused-ring (bicyclic) bond motifs is 8. The van der Waals surface area contributed by atoms with Crippen molar-refractivity contribution in [1.29, 1.82) is 0 Å². The quantitative estimate of drug-likeness (QED) is 0.158. The first-order valence-electron chi connectivity index (χ1n) is 15.5. The fraction of sp³-hybridized carbons (Fsp3) is 0.371. The van der Waals surface area contributed by atoms with E-state index in [9.17, 15) is 19.8 Å². The third kappa shape index (κ3) is 4.75. The highest BCUT2D eigenvalue weighted by atomic mass is 16.5. The van der Waals surface area contributed by atoms with Gasteiger partial charge in [-0.3, -0.25) is 15.3 Å². The smallest absolute Gasteiger partial charge is 0.322 e. The Morgan fingerprint density at radius 2 is 1.73 bits per heavy atom. The van der Waals surface area contributed by atoms with E-state index >= 15 is 0 Å². The number of nitrogens with one attached hydrogen (secondary N) is 4. The van der Waals surface area contributed by atoms with Crippen molar-refractivity contribution >= 4 is 47.6 Å². The lowest BCUT2D eigenvalue weighted by Crippen LogP contribution is -2.38. The summed E-state index contributed by atoms with van der Waals surface area (Å²) in [7, 11) is 0. The van der Waals surface area contributed by atoms with E-state index in [1.807, 2.05) is 13.0 Å². The Morgan fingerprint density at radius 1 is 1.02 bits per heavy atom. The average Bonchev–Trinajstić information content (AvgIpc) is 3.73. The lowest BCUT2D eigenvalue weighted by atomic mass is 9.80. The van der Waals surface area contributed by atoms with Crippen LogP contribution in [-0.4, -0.2) is 49.9 Å². The van der Waals surface area contributed by atoms with Crippen molar-refractivity contribution in [2.45, 2.75) is 59.9 Å². The zero-order valence-corrected chi connectivity index (χ0v) is 26.4. The topological polar surface area (TPSA) is 169 Å². The van der Waals surface area contributed by atoms with Crippen molar-refractivity contribution in [3.05, 3.63) is 78.4 Å². The number of rotatable bonds is 7. The maximum Gasteiger partial charge on any atom is 0.322 e. The summed E-state index contributed by atoms with van der Waals surface area (Å²) in [5, 5.41) is 28.1. The number of aliphatic hydroxyl groups is 1. The molecular weight excluding hydrogens is 570 g/mol. The molecule has 3 aromatic heterocycles. The molecule has 8 N–H and O–H groups in total. The fourth-order valence-electron chi connectivity index (χ4n) is 7.62. The molecule has 45 heavy (non-hydrogen) atoms. The predicted molar refractivity (Wildman–Crippen MR) is 174 cm³/mol. The van der Waals surface area contributed by atoms with Crippen LogP contribution in [-0.2, 0) is 20.7 Å². The Balaban J connectivity index is 1.72. The Labute approximate surface area is 260 Å². The molecule has 1 unspecified atom stereocenters. The van der Waals surface area contributed by atoms with Crippen LogP contribution in [0.15, 0.2) is 12.3 Å². The second-order valence-electron chi connectivity index (χ2n) is 12.3. The Bertz CT molecular complexity index is 2040. The normalized spacial score (nSPS) is 24.3. The molecule has 3 aromatic rings. The van der Waals surface area contributed by atoms with Gasteiger partial charge in [0.05, 0.1) is 11.4 Å². The number of aromatic nitrogens is 3. The van der Waals surface area contributed by atoms with Gasteiger partial charge in [-0.1, -0.05) is 26.5 Å². The number of carbonyl (C=O) groups is 2. The molecule has 0 saturated carbocycles. The molecule has 236 valence electrons. The van der Waals surface area contributed by atoms with Gasteiger partial charge in [0.2, 0.25) is 0 Å². The second kappa shape index (κ2) is 11.3. The van der Waals surface area contributed by atoms with E-state index < -0.39 is 23.9 Å². The lowest BCUT2D eigenvalue weighted by Gasteiger charge is -2.26. The number of aromatic amines is 3. The van der Waals surface area contributed by atoms with Gasteiger partial charge in [0.15, 0.2) is 0 Å². The van der Waals surface area contributed by atoms with Gasteiger partial charge in [-0.05, 0) is 85.6 Å². The molecule has 6 rings (SSSR count). The van der Waals surface area contributed by atoms with Crippen molar-refractivity contribution < 1.29 is 24.5 Å². The van der Waals surface area contributed by atoms with Gasteiger partial charge in [0.25, 0.3) is 0 Å². The number of esters is 1. The highest BCUT2D eigenvalue weighted by Crippen LogP contribution is 2.42. The molecule has 10 heteroatoms. The number of allylic oxidation sites excluding steroid dienone is 1. The number of H-pyrrole nitrogens is 3. The number of aliphatic carboxylic acids is 1. The maximum atomic E-state index is 13.4. The molecule has 4 atom stereocenters. The van der Waals surface area contributed by atoms with Gasteiger partial charge in [-0.2, -0.15) is 0 Å². The first kappa shape index (κ1) is 30.3. The summed E-state index contributed by atoms with van der Waals surface area (Å²) in [6.45, 7) is 14.0. The highest BCUT2D eigenvalue weighted by Gasteiger charge is 2.47. The van der Waals surface area contributed by atoms with Crippen molar-refractivity contribution in [3.63, 3.8) is 0 Å². The van der Waals surface area contributed by atoms with Crippen LogP contribution < -0.4 is 32.3 Å². The van der Waals surface area contributed by atoms with Crippen LogP contribution in [0.4, 0.5) is 0 Å². The molecule has 0 amide bonds. The minimum atomic E-state index is -1.08. The predicted octanol–water partition coefficient (Wildman–Crippen LogP) is 1.81. The molecule has 2 aliphatic heterocycles. The molecule has 8 bridgehead atoms. The van der Waals surface area contributed by atoms with Gasteiger partial charge in [-0.25, -0.2) is 0 Å². The Hall–Kier alpha value is -4.70. The van der Waals surface area contributed by atoms with Gasteiger partial charge >= 0.3 is 11.9 Å². The highest BCUT2D eigenvalue weighted by molar-refractivity contribution is 5.95. The van der Waals surface area contributed by atoms with Gasteiger partial charge in [0.1, 0.15) is 18.4 Å². The summed E-state index contributed by atoms with van der Waals surface area (Å²) in [6, 6.07) is -0.464. The molecular formula is C35H41N5O5. The Kier molecular flexibility index (Phi) is 7.64. The summed E-state index contributed by atoms with van der Waals surface area (Å²) in [5.74, 6) is -2.99. The van der Waals surface area contributed by atoms with Gasteiger partial charge in [-0.15, -0.1) is 0 Å². The zero-order valence-electron chi connectivity index (χ0n) is 26.4. The maximum absolute atomic E-state index is 13.4. The van der Waals surface area contributed by atoms with Crippen molar-refractivity contribution in [1.82, 2.24) is 20.3 Å². The van der Waals surface area contributed by atoms with Crippen molar-refractivity contribution in [2.75, 3.05) is 6.73 Å². The monoisotopic (exact) mass is 611 g/mol. The SMILES string of the molecule is C=Cc1c2[nH]c(c1C)/C=C1\NC(C3=c4[nH]c(c(C)c4=C(O)[C@@H]3C(=O)OCN)/C=c3\[nH]/c(c(C)c3CC)=C\2)[C@@H](CCC(=O)O)[C@@H]1C. The molecule has 0 spiro atoms. The Morgan fingerprint density at radius 3 is 2.40 bits per heavy atom. The third-order valence-corrected chi connectivity index (χ3v) is 10.0. The number of aliphatic hydroxyl groups excluding tert-OH is 1. The van der Waals surface area contributed by atoms with Gasteiger partial charge in [0, 0.05) is 56.6 Å². The molecule has 10 nitrogen and oxygen atoms in total. The number of ether oxygens (including phenoxy) is 1. The van der Waals surface area contributed by atoms with E-state index in [0.29, 0.717) is 22.6 Å². The van der Waals surface area contributed by atoms with E-state index in [1.165, 1.54) is 5.56 Å². The number of carbonyl (C=O) groups excluding carboxylic acids is 1. The van der Waals surface area contributed by atoms with E-state index in [1.54, 1.807) is 0 Å². The van der Waals surface area contributed by atoms with Crippen LogP contribution in [0.2, 0.25) is 0 Å². The number of carboxylic acids is 1. The molecule has 0 radical (unpaired) electrons. The molecule has 3 aliphatic rings. The fourth-order valence-corrected chi connectivity index (χ4v) is 7.62. The van der Waals surface area contributed by atoms with E-state index in [-0.39, 0.29) is 30.7 Å². The van der Waals surface area contributed by atoms with Crippen LogP contribution in [0.5, 0.6) is 0 Å². The number of hydrogen-bond acceptors (Lipinski definition) is 6. The number of carboxylic acid groups (broad SMARTS) is 1. The minimum Gasteiger partial charge on any atom is -0.510 e. The first-order valence-corrected chi connectivity index (χ1v) is 15.5. The standard InChI is InChI=1S/C35H41N5O5/c1-7-19-15(3)22-11-24-17(5)21(9-10-28(41)42)32(39-24)30-31(35(44)45-14-36)34(43)29-18(6)25(40-33(29)30)13-27-20(8-2)16(4)23(38-27)12-26(19)37-22/h7,11-13,17,21,31-32,37-40,43H,1,8-10,14,36H2,2-6H3,(H,41,42)/b23-12-,24-11-,27-13-/t17-,21-,31+,32?/m0/s1.